The molecule has 2 N–H and O–H groups in total. The minimum atomic E-state index is 0. The Morgan fingerprint density at radius 3 is 2.62 bits per heavy atom. The third-order valence-corrected chi connectivity index (χ3v) is 4.59. The smallest absolute Gasteiger partial charge is 0.191 e. The number of aromatic nitrogens is 1. The fraction of sp³-hybridized carbons (Fsp3) is 0.294. The van der Waals surface area contributed by atoms with Crippen LogP contribution in [0.25, 0.3) is 11.0 Å². The van der Waals surface area contributed by atoms with Crippen molar-refractivity contribution >= 4 is 52.2 Å². The fourth-order valence-electron chi connectivity index (χ4n) is 2.44. The van der Waals surface area contributed by atoms with E-state index < -0.39 is 0 Å². The number of nitrogens with zero attached hydrogens (tertiary/aromatic N) is 2. The lowest BCUT2D eigenvalue weighted by Crippen LogP contribution is -2.36. The molecule has 2 heterocycles. The van der Waals surface area contributed by atoms with Crippen LogP contribution in [0.5, 0.6) is 0 Å². The monoisotopic (exact) mass is 456 g/mol. The van der Waals surface area contributed by atoms with Crippen LogP contribution in [-0.4, -0.2) is 18.0 Å². The molecule has 7 heteroatoms. The molecule has 128 valence electrons. The predicted octanol–water partition coefficient (Wildman–Crippen LogP) is 3.99. The lowest BCUT2D eigenvalue weighted by atomic mass is 10.1. The zero-order chi connectivity index (χ0) is 16.2. The Hall–Kier alpha value is -1.61. The zero-order valence-corrected chi connectivity index (χ0v) is 17.1. The molecule has 2 aromatic heterocycles. The van der Waals surface area contributed by atoms with Gasteiger partial charge in [-0.3, -0.25) is 4.99 Å². The molecule has 0 bridgehead atoms. The average molecular weight is 456 g/mol. The lowest BCUT2D eigenvalue weighted by molar-refractivity contribution is 0.534. The molecule has 3 aromatic rings. The maximum Gasteiger partial charge on any atom is 0.191 e. The van der Waals surface area contributed by atoms with Gasteiger partial charge in [-0.05, 0) is 19.9 Å². The SMILES string of the molecule is CN=C(NCc1cnc(C)s1)NCc1oc2ccccc2c1C.I. The van der Waals surface area contributed by atoms with Crippen LogP contribution >= 0.6 is 35.3 Å². The van der Waals surface area contributed by atoms with E-state index in [1.807, 2.05) is 31.3 Å². The van der Waals surface area contributed by atoms with E-state index in [4.69, 9.17) is 4.42 Å². The van der Waals surface area contributed by atoms with Crippen LogP contribution in [-0.2, 0) is 13.1 Å². The Kier molecular flexibility index (Phi) is 6.61. The maximum atomic E-state index is 5.91. The molecule has 0 spiro atoms. The largest absolute Gasteiger partial charge is 0.459 e. The molecule has 0 saturated carbocycles. The number of thiazole rings is 1. The maximum absolute atomic E-state index is 5.91. The Morgan fingerprint density at radius 1 is 1.21 bits per heavy atom. The summed E-state index contributed by atoms with van der Waals surface area (Å²) in [4.78, 5) is 9.68. The second kappa shape index (κ2) is 8.48. The first kappa shape index (κ1) is 18.7. The van der Waals surface area contributed by atoms with Crippen molar-refractivity contribution < 1.29 is 4.42 Å². The van der Waals surface area contributed by atoms with Crippen molar-refractivity contribution in [3.05, 3.63) is 51.7 Å². The molecule has 3 rings (SSSR count). The highest BCUT2D eigenvalue weighted by Gasteiger charge is 2.10. The quantitative estimate of drug-likeness (QED) is 0.354. The number of rotatable bonds is 4. The number of hydrogen-bond donors (Lipinski definition) is 2. The van der Waals surface area contributed by atoms with E-state index in [9.17, 15) is 0 Å². The second-order valence-corrected chi connectivity index (χ2v) is 6.59. The van der Waals surface area contributed by atoms with E-state index in [-0.39, 0.29) is 24.0 Å². The lowest BCUT2D eigenvalue weighted by Gasteiger charge is -2.10. The third kappa shape index (κ3) is 4.27. The van der Waals surface area contributed by atoms with Crippen LogP contribution in [0, 0.1) is 13.8 Å². The van der Waals surface area contributed by atoms with Crippen molar-refractivity contribution in [3.8, 4) is 0 Å². The van der Waals surface area contributed by atoms with Gasteiger partial charge in [-0.15, -0.1) is 35.3 Å². The van der Waals surface area contributed by atoms with Crippen LogP contribution < -0.4 is 10.6 Å². The first-order valence-corrected chi connectivity index (χ1v) is 8.32. The summed E-state index contributed by atoms with van der Waals surface area (Å²) in [6, 6.07) is 8.08. The van der Waals surface area contributed by atoms with Crippen LogP contribution in [0.1, 0.15) is 21.2 Å². The summed E-state index contributed by atoms with van der Waals surface area (Å²) < 4.78 is 5.91. The Bertz CT molecular complexity index is 840. The average Bonchev–Trinajstić information content (AvgIpc) is 3.12. The van der Waals surface area contributed by atoms with Crippen LogP contribution in [0.3, 0.4) is 0 Å². The number of aliphatic imine (C=N–C) groups is 1. The van der Waals surface area contributed by atoms with Gasteiger partial charge >= 0.3 is 0 Å². The van der Waals surface area contributed by atoms with Gasteiger partial charge in [0.25, 0.3) is 0 Å². The topological polar surface area (TPSA) is 62.5 Å². The summed E-state index contributed by atoms with van der Waals surface area (Å²) in [5.74, 6) is 1.68. The number of furan rings is 1. The Balaban J connectivity index is 0.00000208. The third-order valence-electron chi connectivity index (χ3n) is 3.68. The van der Waals surface area contributed by atoms with Gasteiger partial charge in [0.15, 0.2) is 5.96 Å². The van der Waals surface area contributed by atoms with E-state index in [0.717, 1.165) is 27.7 Å². The summed E-state index contributed by atoms with van der Waals surface area (Å²) in [5, 5.41) is 8.82. The number of guanidine groups is 1. The van der Waals surface area contributed by atoms with E-state index in [0.29, 0.717) is 13.1 Å². The van der Waals surface area contributed by atoms with E-state index in [2.05, 4.69) is 33.6 Å². The van der Waals surface area contributed by atoms with Crippen LogP contribution in [0.2, 0.25) is 0 Å². The Morgan fingerprint density at radius 2 is 1.96 bits per heavy atom. The first-order chi connectivity index (χ1) is 11.2. The molecule has 0 saturated heterocycles. The minimum absolute atomic E-state index is 0. The molecule has 0 radical (unpaired) electrons. The molecule has 0 amide bonds. The Labute approximate surface area is 162 Å². The minimum Gasteiger partial charge on any atom is -0.459 e. The second-order valence-electron chi connectivity index (χ2n) is 5.27. The van der Waals surface area contributed by atoms with Crippen molar-refractivity contribution in [1.29, 1.82) is 0 Å². The molecule has 0 fully saturated rings. The van der Waals surface area contributed by atoms with Crippen LogP contribution in [0.15, 0.2) is 39.9 Å². The van der Waals surface area contributed by atoms with Crippen molar-refractivity contribution in [2.75, 3.05) is 7.05 Å². The molecule has 0 aliphatic heterocycles. The van der Waals surface area contributed by atoms with Gasteiger partial charge in [-0.1, -0.05) is 18.2 Å². The highest BCUT2D eigenvalue weighted by atomic mass is 127. The summed E-state index contributed by atoms with van der Waals surface area (Å²) >= 11 is 1.69. The predicted molar refractivity (Wildman–Crippen MR) is 110 cm³/mol. The van der Waals surface area contributed by atoms with Crippen molar-refractivity contribution in [2.24, 2.45) is 4.99 Å². The molecule has 5 nitrogen and oxygen atoms in total. The summed E-state index contributed by atoms with van der Waals surface area (Å²) in [7, 11) is 1.76. The van der Waals surface area contributed by atoms with Crippen molar-refractivity contribution in [2.45, 2.75) is 26.9 Å². The number of nitrogens with one attached hydrogen (secondary N) is 2. The fourth-order valence-corrected chi connectivity index (χ4v) is 3.17. The van der Waals surface area contributed by atoms with Crippen molar-refractivity contribution in [3.63, 3.8) is 0 Å². The van der Waals surface area contributed by atoms with E-state index in [1.54, 1.807) is 18.4 Å². The number of para-hydroxylation sites is 1. The molecule has 1 aromatic carbocycles. The molecular formula is C17H21IN4OS. The van der Waals surface area contributed by atoms with Crippen LogP contribution in [0.4, 0.5) is 0 Å². The molecule has 24 heavy (non-hydrogen) atoms. The highest BCUT2D eigenvalue weighted by Crippen LogP contribution is 2.24. The van der Waals surface area contributed by atoms with Gasteiger partial charge in [0.05, 0.1) is 18.1 Å². The van der Waals surface area contributed by atoms with Gasteiger partial charge in [-0.25, -0.2) is 4.98 Å². The van der Waals surface area contributed by atoms with Crippen molar-refractivity contribution in [1.82, 2.24) is 15.6 Å². The highest BCUT2D eigenvalue weighted by molar-refractivity contribution is 14.0. The molecule has 0 atom stereocenters. The first-order valence-electron chi connectivity index (χ1n) is 7.50. The molecule has 0 aliphatic carbocycles. The normalized spacial score (nSPS) is 11.4. The molecule has 0 aliphatic rings. The number of fused-ring (bicyclic) bond motifs is 1. The van der Waals surface area contributed by atoms with Gasteiger partial charge in [0.2, 0.25) is 0 Å². The van der Waals surface area contributed by atoms with Gasteiger partial charge < -0.3 is 15.1 Å². The van der Waals surface area contributed by atoms with E-state index in [1.165, 1.54) is 10.4 Å². The number of benzene rings is 1. The van der Waals surface area contributed by atoms with E-state index >= 15 is 0 Å². The number of aryl methyl sites for hydroxylation is 2. The summed E-state index contributed by atoms with van der Waals surface area (Å²) in [5.41, 5.74) is 2.09. The van der Waals surface area contributed by atoms with Gasteiger partial charge in [-0.2, -0.15) is 0 Å². The summed E-state index contributed by atoms with van der Waals surface area (Å²) in [6.45, 7) is 5.40. The summed E-state index contributed by atoms with van der Waals surface area (Å²) in [6.07, 6.45) is 1.89. The molecule has 0 unspecified atom stereocenters. The number of halogens is 1. The molecular weight excluding hydrogens is 435 g/mol. The number of hydrogen-bond acceptors (Lipinski definition) is 4. The zero-order valence-electron chi connectivity index (χ0n) is 13.9. The standard InChI is InChI=1S/C17H20N4OS.HI/c1-11-14-6-4-5-7-15(14)22-16(11)10-21-17(18-3)20-9-13-8-19-12(2)23-13;/h4-8H,9-10H2,1-3H3,(H2,18,20,21);1H. The van der Waals surface area contributed by atoms with Gasteiger partial charge in [0, 0.05) is 29.1 Å². The van der Waals surface area contributed by atoms with Gasteiger partial charge in [0.1, 0.15) is 11.3 Å².